The molecule has 0 unspecified atom stereocenters. The lowest BCUT2D eigenvalue weighted by Gasteiger charge is -2.16. The van der Waals surface area contributed by atoms with Crippen molar-refractivity contribution in [1.82, 2.24) is 9.71 Å². The standard InChI is InChI=1S/C24H21N5O5S2/c1-34-17-7-5-16(6-8-17)24(30)29-23-20(12-25)22(26-14-18-3-2-10-35-18)19-11-15(4-9-21(19)28-23)13-27-36(31,32)33/h2-11,27H,13-14H2,1H3,(H,31,32,33)(H2,26,28,29,30). The van der Waals surface area contributed by atoms with Crippen molar-refractivity contribution in [2.75, 3.05) is 17.7 Å². The summed E-state index contributed by atoms with van der Waals surface area (Å²) in [5.74, 6) is 0.245. The minimum Gasteiger partial charge on any atom is -0.497 e. The molecule has 0 aliphatic rings. The average molecular weight is 524 g/mol. The number of amides is 1. The summed E-state index contributed by atoms with van der Waals surface area (Å²) in [6.45, 7) is 0.266. The van der Waals surface area contributed by atoms with Gasteiger partial charge in [0.2, 0.25) is 0 Å². The molecule has 0 spiro atoms. The number of nitrogens with one attached hydrogen (secondary N) is 3. The van der Waals surface area contributed by atoms with Crippen molar-refractivity contribution in [3.8, 4) is 11.8 Å². The summed E-state index contributed by atoms with van der Waals surface area (Å²) in [5, 5.41) is 18.5. The number of thiophene rings is 1. The smallest absolute Gasteiger partial charge is 0.333 e. The Morgan fingerprint density at radius 3 is 2.58 bits per heavy atom. The molecule has 36 heavy (non-hydrogen) atoms. The second kappa shape index (κ2) is 10.7. The van der Waals surface area contributed by atoms with Crippen LogP contribution in [-0.4, -0.2) is 31.0 Å². The zero-order valence-corrected chi connectivity index (χ0v) is 20.6. The number of ether oxygens (including phenoxy) is 1. The number of aromatic nitrogens is 1. The maximum Gasteiger partial charge on any atom is 0.333 e. The fourth-order valence-corrected chi connectivity index (χ4v) is 4.48. The van der Waals surface area contributed by atoms with Gasteiger partial charge in [-0.05, 0) is 53.4 Å². The Morgan fingerprint density at radius 2 is 1.94 bits per heavy atom. The number of carbonyl (C=O) groups excluding carboxylic acids is 1. The van der Waals surface area contributed by atoms with E-state index in [0.29, 0.717) is 40.0 Å². The molecular weight excluding hydrogens is 502 g/mol. The second-order valence-electron chi connectivity index (χ2n) is 7.59. The molecule has 0 aliphatic carbocycles. The molecule has 2 aromatic heterocycles. The Labute approximate surface area is 211 Å². The average Bonchev–Trinajstić information content (AvgIpc) is 3.39. The highest BCUT2D eigenvalue weighted by atomic mass is 32.2. The molecule has 0 aliphatic heterocycles. The number of hydrogen-bond acceptors (Lipinski definition) is 8. The first-order valence-electron chi connectivity index (χ1n) is 10.6. The highest BCUT2D eigenvalue weighted by Gasteiger charge is 2.19. The minimum absolute atomic E-state index is 0.0864. The number of anilines is 2. The summed E-state index contributed by atoms with van der Waals surface area (Å²) in [6.07, 6.45) is 0. The van der Waals surface area contributed by atoms with E-state index in [4.69, 9.17) is 9.29 Å². The Morgan fingerprint density at radius 1 is 1.17 bits per heavy atom. The van der Waals surface area contributed by atoms with Gasteiger partial charge in [0.15, 0.2) is 5.82 Å². The van der Waals surface area contributed by atoms with Crippen molar-refractivity contribution in [3.63, 3.8) is 0 Å². The van der Waals surface area contributed by atoms with Crippen LogP contribution in [0.25, 0.3) is 10.9 Å². The fraction of sp³-hybridized carbons (Fsp3) is 0.125. The molecular formula is C24H21N5O5S2. The van der Waals surface area contributed by atoms with Crippen molar-refractivity contribution in [3.05, 3.63) is 81.5 Å². The van der Waals surface area contributed by atoms with Gasteiger partial charge in [-0.25, -0.2) is 4.98 Å². The van der Waals surface area contributed by atoms with Crippen LogP contribution in [0.2, 0.25) is 0 Å². The van der Waals surface area contributed by atoms with Crippen LogP contribution < -0.4 is 20.1 Å². The summed E-state index contributed by atoms with van der Waals surface area (Å²) in [4.78, 5) is 18.4. The molecule has 10 nitrogen and oxygen atoms in total. The zero-order chi connectivity index (χ0) is 25.7. The molecule has 12 heteroatoms. The number of hydrogen-bond donors (Lipinski definition) is 4. The van der Waals surface area contributed by atoms with E-state index in [0.717, 1.165) is 4.88 Å². The van der Waals surface area contributed by atoms with Crippen LogP contribution in [0.5, 0.6) is 5.75 Å². The Kier molecular flexibility index (Phi) is 7.47. The first kappa shape index (κ1) is 25.1. The molecule has 0 atom stereocenters. The molecule has 4 N–H and O–H groups in total. The van der Waals surface area contributed by atoms with Crippen LogP contribution in [0.15, 0.2) is 60.0 Å². The topological polar surface area (TPSA) is 153 Å². The Balaban J connectivity index is 1.75. The number of nitriles is 1. The summed E-state index contributed by atoms with van der Waals surface area (Å²) >= 11 is 1.54. The van der Waals surface area contributed by atoms with E-state index in [1.54, 1.807) is 53.8 Å². The van der Waals surface area contributed by atoms with Crippen molar-refractivity contribution in [1.29, 1.82) is 5.26 Å². The van der Waals surface area contributed by atoms with Crippen LogP contribution in [0.1, 0.15) is 26.4 Å². The van der Waals surface area contributed by atoms with E-state index in [2.05, 4.69) is 21.7 Å². The predicted molar refractivity (Wildman–Crippen MR) is 137 cm³/mol. The van der Waals surface area contributed by atoms with Crippen molar-refractivity contribution in [2.24, 2.45) is 0 Å². The third kappa shape index (κ3) is 5.96. The van der Waals surface area contributed by atoms with Gasteiger partial charge in [0.25, 0.3) is 5.91 Å². The Hall–Kier alpha value is -4.02. The molecule has 2 aromatic carbocycles. The van der Waals surface area contributed by atoms with E-state index in [1.807, 2.05) is 22.2 Å². The van der Waals surface area contributed by atoms with Crippen LogP contribution in [0.4, 0.5) is 11.5 Å². The van der Waals surface area contributed by atoms with E-state index >= 15 is 0 Å². The number of rotatable bonds is 9. The second-order valence-corrected chi connectivity index (χ2v) is 9.86. The molecule has 0 bridgehead atoms. The lowest BCUT2D eigenvalue weighted by Crippen LogP contribution is -2.21. The maximum absolute atomic E-state index is 12.9. The molecule has 1 amide bonds. The van der Waals surface area contributed by atoms with Gasteiger partial charge in [-0.3, -0.25) is 9.35 Å². The molecule has 4 rings (SSSR count). The molecule has 0 saturated carbocycles. The predicted octanol–water partition coefficient (Wildman–Crippen LogP) is 3.93. The molecule has 0 saturated heterocycles. The normalized spacial score (nSPS) is 11.1. The van der Waals surface area contributed by atoms with E-state index < -0.39 is 16.2 Å². The highest BCUT2D eigenvalue weighted by molar-refractivity contribution is 7.83. The van der Waals surface area contributed by atoms with Crippen LogP contribution in [0, 0.1) is 11.3 Å². The summed E-state index contributed by atoms with van der Waals surface area (Å²) < 4.78 is 38.4. The van der Waals surface area contributed by atoms with Gasteiger partial charge in [-0.15, -0.1) is 11.3 Å². The quantitative estimate of drug-likeness (QED) is 0.241. The fourth-order valence-electron chi connectivity index (χ4n) is 3.49. The van der Waals surface area contributed by atoms with Gasteiger partial charge in [0, 0.05) is 28.9 Å². The van der Waals surface area contributed by atoms with Crippen molar-refractivity contribution < 1.29 is 22.5 Å². The third-order valence-electron chi connectivity index (χ3n) is 5.22. The Bertz CT molecular complexity index is 1550. The molecule has 2 heterocycles. The number of nitrogens with zero attached hydrogens (tertiary/aromatic N) is 2. The number of pyridine rings is 1. The summed E-state index contributed by atoms with van der Waals surface area (Å²) in [5.41, 5.74) is 1.94. The van der Waals surface area contributed by atoms with Crippen LogP contribution in [0.3, 0.4) is 0 Å². The minimum atomic E-state index is -4.38. The zero-order valence-electron chi connectivity index (χ0n) is 19.0. The van der Waals surface area contributed by atoms with Gasteiger partial charge >= 0.3 is 10.3 Å². The third-order valence-corrected chi connectivity index (χ3v) is 6.61. The summed E-state index contributed by atoms with van der Waals surface area (Å²) in [7, 11) is -2.85. The molecule has 4 aromatic rings. The number of methoxy groups -OCH3 is 1. The van der Waals surface area contributed by atoms with Gasteiger partial charge in [0.1, 0.15) is 17.4 Å². The van der Waals surface area contributed by atoms with E-state index in [-0.39, 0.29) is 17.9 Å². The highest BCUT2D eigenvalue weighted by Crippen LogP contribution is 2.33. The van der Waals surface area contributed by atoms with Gasteiger partial charge in [-0.1, -0.05) is 12.1 Å². The first-order chi connectivity index (χ1) is 17.3. The van der Waals surface area contributed by atoms with Gasteiger partial charge < -0.3 is 15.4 Å². The van der Waals surface area contributed by atoms with E-state index in [1.165, 1.54) is 7.11 Å². The summed E-state index contributed by atoms with van der Waals surface area (Å²) in [6, 6.07) is 17.5. The number of fused-ring (bicyclic) bond motifs is 1. The number of carbonyl (C=O) groups is 1. The monoisotopic (exact) mass is 523 g/mol. The van der Waals surface area contributed by atoms with Gasteiger partial charge in [-0.2, -0.15) is 18.4 Å². The first-order valence-corrected chi connectivity index (χ1v) is 12.9. The SMILES string of the molecule is COc1ccc(C(=O)Nc2nc3ccc(CNS(=O)(=O)O)cc3c(NCc3cccs3)c2C#N)cc1. The lowest BCUT2D eigenvalue weighted by atomic mass is 10.1. The molecule has 184 valence electrons. The molecule has 0 fully saturated rings. The maximum atomic E-state index is 12.9. The van der Waals surface area contributed by atoms with Crippen LogP contribution >= 0.6 is 11.3 Å². The van der Waals surface area contributed by atoms with Crippen molar-refractivity contribution in [2.45, 2.75) is 13.1 Å². The van der Waals surface area contributed by atoms with E-state index in [9.17, 15) is 18.5 Å². The lowest BCUT2D eigenvalue weighted by molar-refractivity contribution is 0.102. The molecule has 0 radical (unpaired) electrons. The van der Waals surface area contributed by atoms with Crippen molar-refractivity contribution >= 4 is 50.0 Å². The largest absolute Gasteiger partial charge is 0.497 e. The number of benzene rings is 2. The van der Waals surface area contributed by atoms with Gasteiger partial charge in [0.05, 0.1) is 18.3 Å². The van der Waals surface area contributed by atoms with Crippen LogP contribution in [-0.2, 0) is 23.4 Å².